The second-order valence-electron chi connectivity index (χ2n) is 7.81. The summed E-state index contributed by atoms with van der Waals surface area (Å²) < 4.78 is 0. The number of benzene rings is 2. The van der Waals surface area contributed by atoms with Crippen LogP contribution in [0.1, 0.15) is 46.6 Å². The van der Waals surface area contributed by atoms with E-state index in [9.17, 15) is 5.11 Å². The summed E-state index contributed by atoms with van der Waals surface area (Å²) >= 11 is 0. The highest BCUT2D eigenvalue weighted by molar-refractivity contribution is 5.43. The molecule has 2 aliphatic rings. The number of fused-ring (bicyclic) bond motifs is 2. The Kier molecular flexibility index (Phi) is 3.75. The van der Waals surface area contributed by atoms with Crippen LogP contribution in [0.3, 0.4) is 0 Å². The molecule has 1 fully saturated rings. The minimum Gasteiger partial charge on any atom is -0.508 e. The first-order valence-corrected chi connectivity index (χ1v) is 9.08. The van der Waals surface area contributed by atoms with E-state index in [1.165, 1.54) is 35.1 Å². The maximum atomic E-state index is 9.94. The van der Waals surface area contributed by atoms with Gasteiger partial charge in [0, 0.05) is 5.92 Å². The predicted octanol–water partition coefficient (Wildman–Crippen LogP) is 5.66. The molecule has 0 spiro atoms. The maximum Gasteiger partial charge on any atom is 0.118 e. The number of phenols is 1. The van der Waals surface area contributed by atoms with E-state index in [1.807, 2.05) is 13.0 Å². The zero-order chi connectivity index (χ0) is 16.8. The van der Waals surface area contributed by atoms with Crippen LogP contribution >= 0.6 is 0 Å². The van der Waals surface area contributed by atoms with E-state index in [-0.39, 0.29) is 0 Å². The fourth-order valence-electron chi connectivity index (χ4n) is 4.72. The van der Waals surface area contributed by atoms with Crippen LogP contribution in [0.2, 0.25) is 0 Å². The van der Waals surface area contributed by atoms with Crippen molar-refractivity contribution in [3.8, 4) is 5.75 Å². The summed E-state index contributed by atoms with van der Waals surface area (Å²) in [6.07, 6.45) is 7.47. The van der Waals surface area contributed by atoms with E-state index in [2.05, 4.69) is 56.3 Å². The standard InChI is InChI=1S/C23H26O/c1-14-4-6-19(10-15(14)2)23(20-8-9-22(24)16(3)11-20)21-13-17-5-7-18(21)12-17/h4-11,17-18,21,23-24H,12-13H2,1-3H3. The number of aryl methyl sites for hydroxylation is 3. The molecule has 0 aromatic heterocycles. The maximum absolute atomic E-state index is 9.94. The molecule has 4 unspecified atom stereocenters. The van der Waals surface area contributed by atoms with Crippen LogP contribution in [-0.2, 0) is 0 Å². The molecule has 4 atom stereocenters. The minimum atomic E-state index is 0.394. The normalized spacial score (nSPS) is 26.0. The van der Waals surface area contributed by atoms with Gasteiger partial charge in [-0.15, -0.1) is 0 Å². The smallest absolute Gasteiger partial charge is 0.118 e. The van der Waals surface area contributed by atoms with Gasteiger partial charge in [0.25, 0.3) is 0 Å². The number of hydrogen-bond acceptors (Lipinski definition) is 1. The van der Waals surface area contributed by atoms with Crippen molar-refractivity contribution in [3.63, 3.8) is 0 Å². The van der Waals surface area contributed by atoms with E-state index in [4.69, 9.17) is 0 Å². The summed E-state index contributed by atoms with van der Waals surface area (Å²) in [4.78, 5) is 0. The lowest BCUT2D eigenvalue weighted by molar-refractivity contribution is 0.398. The number of rotatable bonds is 3. The molecule has 24 heavy (non-hydrogen) atoms. The monoisotopic (exact) mass is 318 g/mol. The molecule has 0 amide bonds. The Morgan fingerprint density at radius 2 is 1.54 bits per heavy atom. The van der Waals surface area contributed by atoms with Crippen molar-refractivity contribution >= 4 is 0 Å². The van der Waals surface area contributed by atoms with Crippen molar-refractivity contribution in [1.29, 1.82) is 0 Å². The second-order valence-corrected chi connectivity index (χ2v) is 7.81. The van der Waals surface area contributed by atoms with Crippen LogP contribution in [0.4, 0.5) is 0 Å². The lowest BCUT2D eigenvalue weighted by atomic mass is 9.74. The second kappa shape index (κ2) is 5.81. The Labute approximate surface area is 145 Å². The molecular weight excluding hydrogens is 292 g/mol. The van der Waals surface area contributed by atoms with Gasteiger partial charge in [-0.05, 0) is 85.3 Å². The number of phenolic OH excluding ortho intramolecular Hbond substituents is 1. The van der Waals surface area contributed by atoms with Gasteiger partial charge in [0.2, 0.25) is 0 Å². The molecular formula is C23H26O. The number of allylic oxidation sites excluding steroid dienone is 2. The molecule has 0 saturated heterocycles. The highest BCUT2D eigenvalue weighted by Crippen LogP contribution is 2.51. The largest absolute Gasteiger partial charge is 0.508 e. The van der Waals surface area contributed by atoms with E-state index in [1.54, 1.807) is 0 Å². The van der Waals surface area contributed by atoms with Gasteiger partial charge in [-0.2, -0.15) is 0 Å². The van der Waals surface area contributed by atoms with Gasteiger partial charge in [0.05, 0.1) is 0 Å². The molecule has 4 rings (SSSR count). The molecule has 2 aliphatic carbocycles. The first-order valence-electron chi connectivity index (χ1n) is 9.08. The average Bonchev–Trinajstić information content (AvgIpc) is 3.17. The number of aromatic hydroxyl groups is 1. The summed E-state index contributed by atoms with van der Waals surface area (Å²) in [7, 11) is 0. The molecule has 1 heteroatoms. The van der Waals surface area contributed by atoms with Crippen molar-refractivity contribution in [2.75, 3.05) is 0 Å². The molecule has 0 aliphatic heterocycles. The van der Waals surface area contributed by atoms with E-state index < -0.39 is 0 Å². The summed E-state index contributed by atoms with van der Waals surface area (Å²) in [6, 6.07) is 13.1. The van der Waals surface area contributed by atoms with E-state index in [0.29, 0.717) is 23.5 Å². The Morgan fingerprint density at radius 3 is 2.12 bits per heavy atom. The van der Waals surface area contributed by atoms with Crippen LogP contribution in [0.25, 0.3) is 0 Å². The fourth-order valence-corrected chi connectivity index (χ4v) is 4.72. The lowest BCUT2D eigenvalue weighted by Crippen LogP contribution is -2.19. The van der Waals surface area contributed by atoms with Crippen LogP contribution < -0.4 is 0 Å². The molecule has 0 radical (unpaired) electrons. The zero-order valence-corrected chi connectivity index (χ0v) is 14.8. The van der Waals surface area contributed by atoms with Crippen molar-refractivity contribution in [1.82, 2.24) is 0 Å². The fraction of sp³-hybridized carbons (Fsp3) is 0.391. The highest BCUT2D eigenvalue weighted by Gasteiger charge is 2.41. The molecule has 2 aromatic rings. The van der Waals surface area contributed by atoms with Gasteiger partial charge in [-0.25, -0.2) is 0 Å². The third kappa shape index (κ3) is 2.56. The van der Waals surface area contributed by atoms with Gasteiger partial charge in [0.15, 0.2) is 0 Å². The Morgan fingerprint density at radius 1 is 0.833 bits per heavy atom. The van der Waals surface area contributed by atoms with Crippen molar-refractivity contribution in [2.24, 2.45) is 17.8 Å². The van der Waals surface area contributed by atoms with Gasteiger partial charge in [-0.1, -0.05) is 42.5 Å². The van der Waals surface area contributed by atoms with Gasteiger partial charge in [0.1, 0.15) is 5.75 Å². The Balaban J connectivity index is 1.81. The first-order chi connectivity index (χ1) is 11.5. The summed E-state index contributed by atoms with van der Waals surface area (Å²) in [5.74, 6) is 2.96. The van der Waals surface area contributed by atoms with Crippen LogP contribution in [0, 0.1) is 38.5 Å². The molecule has 1 N–H and O–H groups in total. The quantitative estimate of drug-likeness (QED) is 0.724. The Bertz CT molecular complexity index is 750. The first kappa shape index (κ1) is 15.5. The van der Waals surface area contributed by atoms with E-state index in [0.717, 1.165) is 11.5 Å². The van der Waals surface area contributed by atoms with Crippen LogP contribution in [-0.4, -0.2) is 5.11 Å². The van der Waals surface area contributed by atoms with Gasteiger partial charge >= 0.3 is 0 Å². The molecule has 124 valence electrons. The molecule has 1 saturated carbocycles. The molecule has 2 aromatic carbocycles. The third-order valence-corrected chi connectivity index (χ3v) is 6.23. The van der Waals surface area contributed by atoms with Gasteiger partial charge in [-0.3, -0.25) is 0 Å². The van der Waals surface area contributed by atoms with Crippen LogP contribution in [0.5, 0.6) is 5.75 Å². The van der Waals surface area contributed by atoms with Crippen molar-refractivity contribution in [3.05, 3.63) is 76.4 Å². The minimum absolute atomic E-state index is 0.394. The van der Waals surface area contributed by atoms with Crippen LogP contribution in [0.15, 0.2) is 48.6 Å². The molecule has 1 nitrogen and oxygen atoms in total. The average molecular weight is 318 g/mol. The summed E-state index contributed by atoms with van der Waals surface area (Å²) in [5.41, 5.74) is 6.47. The lowest BCUT2D eigenvalue weighted by Gasteiger charge is -2.30. The summed E-state index contributed by atoms with van der Waals surface area (Å²) in [5, 5.41) is 9.94. The predicted molar refractivity (Wildman–Crippen MR) is 99.4 cm³/mol. The molecule has 2 bridgehead atoms. The molecule has 0 heterocycles. The van der Waals surface area contributed by atoms with E-state index >= 15 is 0 Å². The Hall–Kier alpha value is -2.02. The van der Waals surface area contributed by atoms with Gasteiger partial charge < -0.3 is 5.11 Å². The number of hydrogen-bond donors (Lipinski definition) is 1. The summed E-state index contributed by atoms with van der Waals surface area (Å²) in [6.45, 7) is 6.38. The van der Waals surface area contributed by atoms with Crippen molar-refractivity contribution in [2.45, 2.75) is 39.5 Å². The zero-order valence-electron chi connectivity index (χ0n) is 14.8. The van der Waals surface area contributed by atoms with Crippen molar-refractivity contribution < 1.29 is 5.11 Å². The highest BCUT2D eigenvalue weighted by atomic mass is 16.3. The SMILES string of the molecule is Cc1ccc(C(c2ccc(O)c(C)c2)C2CC3C=CC2C3)cc1C. The third-order valence-electron chi connectivity index (χ3n) is 6.23. The topological polar surface area (TPSA) is 20.2 Å².